The molecule has 2 saturated heterocycles. The monoisotopic (exact) mass is 342 g/mol. The predicted octanol–water partition coefficient (Wildman–Crippen LogP) is 1.83. The average molecular weight is 343 g/mol. The van der Waals surface area contributed by atoms with Gasteiger partial charge in [0.05, 0.1) is 4.90 Å². The first-order valence-corrected chi connectivity index (χ1v) is 9.41. The molecule has 4 nitrogen and oxygen atoms in total. The lowest BCUT2D eigenvalue weighted by molar-refractivity contribution is 0.228. The van der Waals surface area contributed by atoms with Gasteiger partial charge in [-0.15, -0.1) is 12.4 Å². The first-order valence-electron chi connectivity index (χ1n) is 7.97. The molecule has 1 N–H and O–H groups in total. The Labute approximate surface area is 138 Å². The summed E-state index contributed by atoms with van der Waals surface area (Å²) in [6.07, 6.45) is 4.25. The Morgan fingerprint density at radius 1 is 1.09 bits per heavy atom. The number of sulfonamides is 1. The van der Waals surface area contributed by atoms with E-state index in [-0.39, 0.29) is 12.4 Å². The highest BCUT2D eigenvalue weighted by molar-refractivity contribution is 7.89. The third-order valence-electron chi connectivity index (χ3n) is 5.37. The molecule has 2 atom stereocenters. The average Bonchev–Trinajstić information content (AvgIpc) is 3.14. The van der Waals surface area contributed by atoms with E-state index in [1.807, 2.05) is 12.1 Å². The van der Waals surface area contributed by atoms with Crippen LogP contribution in [0.25, 0.3) is 0 Å². The normalized spacial score (nSPS) is 28.0. The minimum Gasteiger partial charge on any atom is -0.316 e. The molecule has 1 aromatic carbocycles. The van der Waals surface area contributed by atoms with E-state index in [0.29, 0.717) is 29.8 Å². The van der Waals surface area contributed by atoms with E-state index in [1.54, 1.807) is 10.4 Å². The molecule has 0 saturated carbocycles. The van der Waals surface area contributed by atoms with Gasteiger partial charge in [-0.1, -0.05) is 6.07 Å². The Morgan fingerprint density at radius 2 is 1.86 bits per heavy atom. The summed E-state index contributed by atoms with van der Waals surface area (Å²) in [7, 11) is -3.32. The summed E-state index contributed by atoms with van der Waals surface area (Å²) in [6, 6.07) is 5.73. The van der Waals surface area contributed by atoms with Crippen molar-refractivity contribution in [2.45, 2.75) is 30.6 Å². The minimum absolute atomic E-state index is 0. The molecule has 1 aromatic rings. The second kappa shape index (κ2) is 6.11. The molecule has 2 fully saturated rings. The molecule has 3 aliphatic rings. The van der Waals surface area contributed by atoms with Crippen molar-refractivity contribution in [1.29, 1.82) is 0 Å². The molecule has 122 valence electrons. The number of rotatable bonds is 2. The summed E-state index contributed by atoms with van der Waals surface area (Å²) >= 11 is 0. The van der Waals surface area contributed by atoms with E-state index in [0.717, 1.165) is 38.8 Å². The van der Waals surface area contributed by atoms with Crippen molar-refractivity contribution in [3.05, 3.63) is 29.3 Å². The van der Waals surface area contributed by atoms with Crippen LogP contribution in [0.15, 0.2) is 23.1 Å². The van der Waals surface area contributed by atoms with Gasteiger partial charge in [-0.05, 0) is 73.9 Å². The summed E-state index contributed by atoms with van der Waals surface area (Å²) in [5.41, 5.74) is 2.56. The van der Waals surface area contributed by atoms with Gasteiger partial charge in [0.25, 0.3) is 0 Å². The molecule has 2 unspecified atom stereocenters. The molecule has 2 aliphatic heterocycles. The van der Waals surface area contributed by atoms with Gasteiger partial charge in [-0.3, -0.25) is 0 Å². The number of aryl methyl sites for hydroxylation is 2. The zero-order chi connectivity index (χ0) is 14.4. The number of hydrogen-bond donors (Lipinski definition) is 1. The summed E-state index contributed by atoms with van der Waals surface area (Å²) < 4.78 is 27.5. The highest BCUT2D eigenvalue weighted by Gasteiger charge is 2.37. The smallest absolute Gasteiger partial charge is 0.243 e. The number of benzene rings is 1. The molecule has 6 heteroatoms. The maximum absolute atomic E-state index is 12.9. The van der Waals surface area contributed by atoms with Gasteiger partial charge in [0, 0.05) is 13.1 Å². The van der Waals surface area contributed by atoms with Crippen LogP contribution in [0, 0.1) is 11.8 Å². The van der Waals surface area contributed by atoms with E-state index >= 15 is 0 Å². The number of nitrogens with one attached hydrogen (secondary N) is 1. The van der Waals surface area contributed by atoms with Crippen LogP contribution in [-0.2, 0) is 22.9 Å². The van der Waals surface area contributed by atoms with Crippen molar-refractivity contribution in [3.63, 3.8) is 0 Å². The first-order chi connectivity index (χ1) is 10.1. The second-order valence-electron chi connectivity index (χ2n) is 6.61. The van der Waals surface area contributed by atoms with E-state index in [1.165, 1.54) is 11.1 Å². The van der Waals surface area contributed by atoms with Crippen LogP contribution in [0.3, 0.4) is 0 Å². The van der Waals surface area contributed by atoms with E-state index in [9.17, 15) is 8.42 Å². The van der Waals surface area contributed by atoms with Gasteiger partial charge < -0.3 is 5.32 Å². The fourth-order valence-corrected chi connectivity index (χ4v) is 5.64. The molecule has 0 spiro atoms. The Bertz CT molecular complexity index is 662. The number of halogens is 1. The van der Waals surface area contributed by atoms with Crippen molar-refractivity contribution in [2.24, 2.45) is 11.8 Å². The zero-order valence-corrected chi connectivity index (χ0v) is 14.3. The molecule has 0 bridgehead atoms. The van der Waals surface area contributed by atoms with E-state index in [2.05, 4.69) is 5.32 Å². The van der Waals surface area contributed by atoms with Crippen LogP contribution in [0.1, 0.15) is 24.0 Å². The first kappa shape index (κ1) is 16.2. The van der Waals surface area contributed by atoms with Crippen molar-refractivity contribution in [1.82, 2.24) is 9.62 Å². The number of piperidine rings is 1. The minimum atomic E-state index is -3.32. The van der Waals surface area contributed by atoms with Gasteiger partial charge in [-0.25, -0.2) is 8.42 Å². The summed E-state index contributed by atoms with van der Waals surface area (Å²) in [5, 5.41) is 3.39. The Hall–Kier alpha value is -0.620. The van der Waals surface area contributed by atoms with Gasteiger partial charge in [0.1, 0.15) is 0 Å². The largest absolute Gasteiger partial charge is 0.316 e. The van der Waals surface area contributed by atoms with Gasteiger partial charge >= 0.3 is 0 Å². The Kier molecular flexibility index (Phi) is 4.52. The fourth-order valence-electron chi connectivity index (χ4n) is 4.08. The highest BCUT2D eigenvalue weighted by Crippen LogP contribution is 2.31. The van der Waals surface area contributed by atoms with Gasteiger partial charge in [0.2, 0.25) is 10.0 Å². The lowest BCUT2D eigenvalue weighted by Gasteiger charge is -2.33. The topological polar surface area (TPSA) is 49.4 Å². The summed E-state index contributed by atoms with van der Waals surface area (Å²) in [5.74, 6) is 1.15. The second-order valence-corrected chi connectivity index (χ2v) is 8.55. The maximum Gasteiger partial charge on any atom is 0.243 e. The van der Waals surface area contributed by atoms with Gasteiger partial charge in [-0.2, -0.15) is 4.31 Å². The lowest BCUT2D eigenvalue weighted by Crippen LogP contribution is -2.43. The van der Waals surface area contributed by atoms with Crippen molar-refractivity contribution in [2.75, 3.05) is 26.2 Å². The van der Waals surface area contributed by atoms with E-state index < -0.39 is 10.0 Å². The van der Waals surface area contributed by atoms with Crippen LogP contribution < -0.4 is 5.32 Å². The maximum atomic E-state index is 12.9. The quantitative estimate of drug-likeness (QED) is 0.892. The third kappa shape index (κ3) is 2.68. The summed E-state index contributed by atoms with van der Waals surface area (Å²) in [6.45, 7) is 3.36. The van der Waals surface area contributed by atoms with Crippen molar-refractivity contribution >= 4 is 22.4 Å². The molecule has 0 amide bonds. The van der Waals surface area contributed by atoms with Crippen LogP contribution in [0.5, 0.6) is 0 Å². The highest BCUT2D eigenvalue weighted by atomic mass is 35.5. The van der Waals surface area contributed by atoms with Crippen LogP contribution >= 0.6 is 12.4 Å². The standard InChI is InChI=1S/C16H22N2O2S.ClH/c19-21(20,16-5-4-12-2-1-3-13(12)8-16)18-7-6-14-9-17-10-15(14)11-18;/h4-5,8,14-15,17H,1-3,6-7,9-11H2;1H. The van der Waals surface area contributed by atoms with Gasteiger partial charge in [0.15, 0.2) is 0 Å². The van der Waals surface area contributed by atoms with Crippen LogP contribution in [0.4, 0.5) is 0 Å². The number of hydrogen-bond acceptors (Lipinski definition) is 3. The lowest BCUT2D eigenvalue weighted by atomic mass is 9.90. The molecule has 0 radical (unpaired) electrons. The molecule has 22 heavy (non-hydrogen) atoms. The molecule has 0 aromatic heterocycles. The zero-order valence-electron chi connectivity index (χ0n) is 12.6. The van der Waals surface area contributed by atoms with Crippen LogP contribution in [0.2, 0.25) is 0 Å². The SMILES string of the molecule is Cl.O=S(=O)(c1ccc2c(c1)CCC2)N1CCC2CNCC2C1. The van der Waals surface area contributed by atoms with Crippen molar-refractivity contribution < 1.29 is 8.42 Å². The molecule has 1 aliphatic carbocycles. The predicted molar refractivity (Wildman–Crippen MR) is 88.9 cm³/mol. The van der Waals surface area contributed by atoms with Crippen molar-refractivity contribution in [3.8, 4) is 0 Å². The Balaban J connectivity index is 0.00000144. The number of fused-ring (bicyclic) bond motifs is 2. The van der Waals surface area contributed by atoms with Crippen LogP contribution in [-0.4, -0.2) is 38.9 Å². The molecular weight excluding hydrogens is 320 g/mol. The molecule has 2 heterocycles. The third-order valence-corrected chi connectivity index (χ3v) is 7.24. The Morgan fingerprint density at radius 3 is 2.73 bits per heavy atom. The fraction of sp³-hybridized carbons (Fsp3) is 0.625. The molecular formula is C16H23ClN2O2S. The molecule has 4 rings (SSSR count). The summed E-state index contributed by atoms with van der Waals surface area (Å²) in [4.78, 5) is 0.493. The van der Waals surface area contributed by atoms with E-state index in [4.69, 9.17) is 0 Å². The number of nitrogens with zero attached hydrogens (tertiary/aromatic N) is 1.